The van der Waals surface area contributed by atoms with Crippen molar-refractivity contribution >= 4 is 11.6 Å². The van der Waals surface area contributed by atoms with Crippen LogP contribution in [-0.2, 0) is 13.2 Å². The Bertz CT molecular complexity index is 618. The van der Waals surface area contributed by atoms with E-state index in [1.807, 2.05) is 44.2 Å². The van der Waals surface area contributed by atoms with Gasteiger partial charge in [0.2, 0.25) is 0 Å². The first-order chi connectivity index (χ1) is 10.0. The normalized spacial score (nSPS) is 10.5. The summed E-state index contributed by atoms with van der Waals surface area (Å²) in [6.45, 7) is 4.87. The Labute approximate surface area is 130 Å². The molecular formula is C17H20ClNO2. The first kappa shape index (κ1) is 15.7. The molecule has 0 spiro atoms. The van der Waals surface area contributed by atoms with Crippen LogP contribution >= 0.6 is 11.6 Å². The van der Waals surface area contributed by atoms with Gasteiger partial charge < -0.3 is 15.2 Å². The van der Waals surface area contributed by atoms with Crippen molar-refractivity contribution in [3.8, 4) is 11.5 Å². The number of methoxy groups -OCH3 is 1. The van der Waals surface area contributed by atoms with Crippen molar-refractivity contribution < 1.29 is 9.47 Å². The van der Waals surface area contributed by atoms with Crippen molar-refractivity contribution in [2.75, 3.05) is 7.11 Å². The van der Waals surface area contributed by atoms with E-state index >= 15 is 0 Å². The minimum Gasteiger partial charge on any atom is -0.496 e. The molecule has 0 saturated carbocycles. The van der Waals surface area contributed by atoms with Gasteiger partial charge in [-0.15, -0.1) is 0 Å². The molecule has 0 aliphatic carbocycles. The van der Waals surface area contributed by atoms with Crippen LogP contribution < -0.4 is 15.2 Å². The summed E-state index contributed by atoms with van der Waals surface area (Å²) in [6.07, 6.45) is 0. The number of benzene rings is 2. The van der Waals surface area contributed by atoms with Gasteiger partial charge in [0.15, 0.2) is 0 Å². The first-order valence-corrected chi connectivity index (χ1v) is 7.18. The molecule has 112 valence electrons. The summed E-state index contributed by atoms with van der Waals surface area (Å²) in [5, 5.41) is 0.789. The van der Waals surface area contributed by atoms with Gasteiger partial charge in [-0.2, -0.15) is 0 Å². The van der Waals surface area contributed by atoms with Gasteiger partial charge in [-0.25, -0.2) is 0 Å². The molecule has 0 unspecified atom stereocenters. The molecule has 0 bridgehead atoms. The maximum Gasteiger partial charge on any atom is 0.123 e. The summed E-state index contributed by atoms with van der Waals surface area (Å²) in [7, 11) is 1.64. The van der Waals surface area contributed by atoms with Crippen molar-refractivity contribution in [2.24, 2.45) is 5.73 Å². The van der Waals surface area contributed by atoms with Gasteiger partial charge >= 0.3 is 0 Å². The number of halogens is 1. The van der Waals surface area contributed by atoms with E-state index < -0.39 is 0 Å². The van der Waals surface area contributed by atoms with Gasteiger partial charge in [0.25, 0.3) is 0 Å². The number of rotatable bonds is 5. The molecule has 0 saturated heterocycles. The molecule has 0 amide bonds. The third-order valence-corrected chi connectivity index (χ3v) is 3.98. The summed E-state index contributed by atoms with van der Waals surface area (Å²) < 4.78 is 11.1. The Morgan fingerprint density at radius 1 is 1.10 bits per heavy atom. The predicted octanol–water partition coefficient (Wildman–Crippen LogP) is 4.00. The lowest BCUT2D eigenvalue weighted by Crippen LogP contribution is -2.03. The van der Waals surface area contributed by atoms with E-state index in [9.17, 15) is 0 Å². The molecule has 4 heteroatoms. The number of hydrogen-bond acceptors (Lipinski definition) is 3. The van der Waals surface area contributed by atoms with E-state index in [2.05, 4.69) is 0 Å². The van der Waals surface area contributed by atoms with E-state index in [0.717, 1.165) is 38.8 Å². The molecule has 2 aromatic carbocycles. The number of hydrogen-bond donors (Lipinski definition) is 1. The van der Waals surface area contributed by atoms with Crippen molar-refractivity contribution in [3.63, 3.8) is 0 Å². The van der Waals surface area contributed by atoms with Crippen LogP contribution in [0.2, 0.25) is 5.02 Å². The zero-order chi connectivity index (χ0) is 15.4. The fraction of sp³-hybridized carbons (Fsp3) is 0.294. The Morgan fingerprint density at radius 3 is 2.33 bits per heavy atom. The largest absolute Gasteiger partial charge is 0.496 e. The maximum absolute atomic E-state index is 6.16. The molecule has 2 aromatic rings. The number of ether oxygens (including phenoxy) is 2. The van der Waals surface area contributed by atoms with E-state index in [4.69, 9.17) is 26.8 Å². The average Bonchev–Trinajstić information content (AvgIpc) is 2.50. The smallest absolute Gasteiger partial charge is 0.123 e. The van der Waals surface area contributed by atoms with Crippen molar-refractivity contribution in [1.29, 1.82) is 0 Å². The molecule has 2 N–H and O–H groups in total. The molecule has 0 heterocycles. The second kappa shape index (κ2) is 6.83. The Morgan fingerprint density at radius 2 is 1.76 bits per heavy atom. The van der Waals surface area contributed by atoms with Crippen LogP contribution in [-0.4, -0.2) is 7.11 Å². The Hall–Kier alpha value is -1.71. The summed E-state index contributed by atoms with van der Waals surface area (Å²) in [5.74, 6) is 1.62. The van der Waals surface area contributed by atoms with Gasteiger partial charge in [-0.3, -0.25) is 0 Å². The third kappa shape index (κ3) is 3.69. The van der Waals surface area contributed by atoms with E-state index in [-0.39, 0.29) is 0 Å². The highest BCUT2D eigenvalue weighted by Gasteiger charge is 2.06. The molecule has 0 aliphatic heterocycles. The third-order valence-electron chi connectivity index (χ3n) is 3.38. The lowest BCUT2D eigenvalue weighted by molar-refractivity contribution is 0.305. The second-order valence-corrected chi connectivity index (χ2v) is 5.39. The lowest BCUT2D eigenvalue weighted by atomic mass is 10.1. The van der Waals surface area contributed by atoms with E-state index in [1.165, 1.54) is 0 Å². The minimum atomic E-state index is 0.441. The standard InChI is InChI=1S/C17H20ClNO2/c1-11-6-15(7-12(2)17(11)18)21-10-13-4-5-16(20-3)14(8-13)9-19/h4-8H,9-10,19H2,1-3H3. The fourth-order valence-corrected chi connectivity index (χ4v) is 2.35. The summed E-state index contributed by atoms with van der Waals surface area (Å²) >= 11 is 6.16. The quantitative estimate of drug-likeness (QED) is 0.908. The van der Waals surface area contributed by atoms with Crippen LogP contribution in [0.15, 0.2) is 30.3 Å². The van der Waals surface area contributed by atoms with Gasteiger partial charge in [-0.05, 0) is 54.8 Å². The number of aryl methyl sites for hydroxylation is 2. The van der Waals surface area contributed by atoms with Crippen LogP contribution in [0.3, 0.4) is 0 Å². The molecule has 3 nitrogen and oxygen atoms in total. The molecule has 2 rings (SSSR count). The van der Waals surface area contributed by atoms with Gasteiger partial charge in [0.05, 0.1) is 7.11 Å². The molecule has 0 aliphatic rings. The second-order valence-electron chi connectivity index (χ2n) is 5.01. The summed E-state index contributed by atoms with van der Waals surface area (Å²) in [5.41, 5.74) is 9.79. The number of nitrogens with two attached hydrogens (primary N) is 1. The summed E-state index contributed by atoms with van der Waals surface area (Å²) in [6, 6.07) is 9.80. The molecule has 0 aromatic heterocycles. The van der Waals surface area contributed by atoms with Crippen molar-refractivity contribution in [3.05, 3.63) is 57.6 Å². The predicted molar refractivity (Wildman–Crippen MR) is 86.1 cm³/mol. The van der Waals surface area contributed by atoms with Gasteiger partial charge in [0, 0.05) is 17.1 Å². The highest BCUT2D eigenvalue weighted by Crippen LogP contribution is 2.27. The van der Waals surface area contributed by atoms with Crippen LogP contribution in [0.25, 0.3) is 0 Å². The first-order valence-electron chi connectivity index (χ1n) is 6.80. The molecule has 0 radical (unpaired) electrons. The highest BCUT2D eigenvalue weighted by molar-refractivity contribution is 6.32. The zero-order valence-electron chi connectivity index (χ0n) is 12.6. The topological polar surface area (TPSA) is 44.5 Å². The maximum atomic E-state index is 6.16. The molecule has 0 atom stereocenters. The van der Waals surface area contributed by atoms with E-state index in [0.29, 0.717) is 13.2 Å². The van der Waals surface area contributed by atoms with Crippen LogP contribution in [0.4, 0.5) is 0 Å². The van der Waals surface area contributed by atoms with Crippen LogP contribution in [0, 0.1) is 13.8 Å². The molecule has 21 heavy (non-hydrogen) atoms. The van der Waals surface area contributed by atoms with Crippen LogP contribution in [0.1, 0.15) is 22.3 Å². The Balaban J connectivity index is 2.13. The minimum absolute atomic E-state index is 0.441. The average molecular weight is 306 g/mol. The highest BCUT2D eigenvalue weighted by atomic mass is 35.5. The zero-order valence-corrected chi connectivity index (χ0v) is 13.3. The summed E-state index contributed by atoms with van der Waals surface area (Å²) in [4.78, 5) is 0. The fourth-order valence-electron chi connectivity index (χ4n) is 2.24. The molecule has 0 fully saturated rings. The monoisotopic (exact) mass is 305 g/mol. The van der Waals surface area contributed by atoms with Crippen molar-refractivity contribution in [2.45, 2.75) is 27.0 Å². The molecular weight excluding hydrogens is 286 g/mol. The van der Waals surface area contributed by atoms with Crippen molar-refractivity contribution in [1.82, 2.24) is 0 Å². The van der Waals surface area contributed by atoms with Gasteiger partial charge in [-0.1, -0.05) is 17.7 Å². The SMILES string of the molecule is COc1ccc(COc2cc(C)c(Cl)c(C)c2)cc1CN. The van der Waals surface area contributed by atoms with E-state index in [1.54, 1.807) is 7.11 Å². The lowest BCUT2D eigenvalue weighted by Gasteiger charge is -2.12. The Kier molecular flexibility index (Phi) is 5.10. The van der Waals surface area contributed by atoms with Crippen LogP contribution in [0.5, 0.6) is 11.5 Å². The van der Waals surface area contributed by atoms with Gasteiger partial charge in [0.1, 0.15) is 18.1 Å².